The molecule has 0 bridgehead atoms. The molecule has 1 atom stereocenters. The summed E-state index contributed by atoms with van der Waals surface area (Å²) < 4.78 is 16.8. The van der Waals surface area contributed by atoms with Crippen molar-refractivity contribution in [3.05, 3.63) is 59.7 Å². The molecule has 0 aliphatic rings. The first-order chi connectivity index (χ1) is 13.6. The van der Waals surface area contributed by atoms with Crippen LogP contribution in [0.1, 0.15) is 74.9 Å². The van der Waals surface area contributed by atoms with Gasteiger partial charge in [-0.15, -0.1) is 0 Å². The van der Waals surface area contributed by atoms with Gasteiger partial charge in [0.05, 0.1) is 18.3 Å². The zero-order valence-electron chi connectivity index (χ0n) is 17.3. The van der Waals surface area contributed by atoms with Crippen LogP contribution in [0.5, 0.6) is 11.5 Å². The van der Waals surface area contributed by atoms with Crippen molar-refractivity contribution >= 4 is 5.97 Å². The van der Waals surface area contributed by atoms with Crippen LogP contribution in [0, 0.1) is 0 Å². The predicted octanol–water partition coefficient (Wildman–Crippen LogP) is 6.35. The first-order valence-electron chi connectivity index (χ1n) is 10.3. The maximum absolute atomic E-state index is 12.3. The number of rotatable bonds is 12. The Bertz CT molecular complexity index is 692. The Morgan fingerprint density at radius 3 is 2.14 bits per heavy atom. The number of ether oxygens (including phenoxy) is 3. The summed E-state index contributed by atoms with van der Waals surface area (Å²) in [4.78, 5) is 12.3. The van der Waals surface area contributed by atoms with Gasteiger partial charge in [-0.05, 0) is 61.7 Å². The van der Waals surface area contributed by atoms with Gasteiger partial charge in [-0.3, -0.25) is 0 Å². The summed E-state index contributed by atoms with van der Waals surface area (Å²) >= 11 is 0. The fourth-order valence-electron chi connectivity index (χ4n) is 2.77. The highest BCUT2D eigenvalue weighted by atomic mass is 16.5. The lowest BCUT2D eigenvalue weighted by Crippen LogP contribution is -2.09. The number of carbonyl (C=O) groups excluding carboxylic acids is 1. The Balaban J connectivity index is 1.83. The molecule has 0 fully saturated rings. The molecule has 2 aromatic carbocycles. The van der Waals surface area contributed by atoms with Gasteiger partial charge in [0.2, 0.25) is 0 Å². The van der Waals surface area contributed by atoms with E-state index in [1.807, 2.05) is 19.1 Å². The molecule has 0 heterocycles. The lowest BCUT2D eigenvalue weighted by Gasteiger charge is -2.14. The van der Waals surface area contributed by atoms with Crippen molar-refractivity contribution in [3.8, 4) is 11.5 Å². The minimum Gasteiger partial charge on any atom is -0.494 e. The molecule has 4 nitrogen and oxygen atoms in total. The molecule has 4 heteroatoms. The van der Waals surface area contributed by atoms with Crippen LogP contribution in [0.4, 0.5) is 0 Å². The molecule has 2 aromatic rings. The third-order valence-electron chi connectivity index (χ3n) is 4.49. The maximum atomic E-state index is 12.3. The highest BCUT2D eigenvalue weighted by Crippen LogP contribution is 2.21. The van der Waals surface area contributed by atoms with Crippen molar-refractivity contribution in [2.75, 3.05) is 13.2 Å². The minimum absolute atomic E-state index is 0.0161. The number of hydrogen-bond acceptors (Lipinski definition) is 4. The number of benzene rings is 2. The number of carbonyl (C=O) groups is 1. The topological polar surface area (TPSA) is 44.8 Å². The second kappa shape index (κ2) is 12.2. The largest absolute Gasteiger partial charge is 0.494 e. The van der Waals surface area contributed by atoms with Crippen molar-refractivity contribution in [2.24, 2.45) is 0 Å². The van der Waals surface area contributed by atoms with Crippen molar-refractivity contribution in [1.82, 2.24) is 0 Å². The van der Waals surface area contributed by atoms with Gasteiger partial charge in [0.25, 0.3) is 0 Å². The second-order valence-electron chi connectivity index (χ2n) is 6.91. The third-order valence-corrected chi connectivity index (χ3v) is 4.49. The molecule has 28 heavy (non-hydrogen) atoms. The third kappa shape index (κ3) is 7.35. The summed E-state index contributed by atoms with van der Waals surface area (Å²) in [6.45, 7) is 7.74. The molecule has 1 unspecified atom stereocenters. The molecule has 152 valence electrons. The summed E-state index contributed by atoms with van der Waals surface area (Å²) in [7, 11) is 0. The first-order valence-corrected chi connectivity index (χ1v) is 10.3. The lowest BCUT2D eigenvalue weighted by molar-refractivity contribution is 0.0626. The van der Waals surface area contributed by atoms with E-state index in [1.54, 1.807) is 36.4 Å². The molecule has 0 saturated carbocycles. The van der Waals surface area contributed by atoms with Gasteiger partial charge in [-0.1, -0.05) is 45.2 Å². The molecule has 0 spiro atoms. The Hall–Kier alpha value is -2.33. The monoisotopic (exact) mass is 384 g/mol. The van der Waals surface area contributed by atoms with Crippen molar-refractivity contribution in [3.63, 3.8) is 0 Å². The molecule has 0 radical (unpaired) electrons. The molecule has 2 rings (SSSR count). The highest BCUT2D eigenvalue weighted by molar-refractivity contribution is 5.91. The van der Waals surface area contributed by atoms with E-state index in [9.17, 15) is 4.79 Å². The fraction of sp³-hybridized carbons (Fsp3) is 0.458. The van der Waals surface area contributed by atoms with Gasteiger partial charge in [0.1, 0.15) is 11.5 Å². The van der Waals surface area contributed by atoms with Crippen LogP contribution in [0.3, 0.4) is 0 Å². The van der Waals surface area contributed by atoms with Gasteiger partial charge in [0, 0.05) is 6.61 Å². The van der Waals surface area contributed by atoms with Crippen molar-refractivity contribution in [2.45, 2.75) is 59.0 Å². The molecule has 0 aliphatic heterocycles. The highest BCUT2D eigenvalue weighted by Gasteiger charge is 2.11. The van der Waals surface area contributed by atoms with Gasteiger partial charge in [-0.2, -0.15) is 0 Å². The number of esters is 1. The van der Waals surface area contributed by atoms with Crippen LogP contribution >= 0.6 is 0 Å². The molecule has 0 aliphatic carbocycles. The molecule has 0 amide bonds. The van der Waals surface area contributed by atoms with Crippen LogP contribution in [0.2, 0.25) is 0 Å². The maximum Gasteiger partial charge on any atom is 0.343 e. The quantitative estimate of drug-likeness (QED) is 0.243. The molecule has 0 N–H and O–H groups in total. The average molecular weight is 385 g/mol. The van der Waals surface area contributed by atoms with Crippen LogP contribution in [-0.2, 0) is 4.74 Å². The number of unbranched alkanes of at least 4 members (excludes halogenated alkanes) is 3. The van der Waals surface area contributed by atoms with Crippen molar-refractivity contribution < 1.29 is 19.0 Å². The fourth-order valence-corrected chi connectivity index (χ4v) is 2.77. The van der Waals surface area contributed by atoms with Gasteiger partial charge >= 0.3 is 5.97 Å². The normalized spacial score (nSPS) is 11.8. The zero-order chi connectivity index (χ0) is 20.2. The van der Waals surface area contributed by atoms with Crippen LogP contribution in [0.25, 0.3) is 0 Å². The molecule has 0 saturated heterocycles. The second-order valence-corrected chi connectivity index (χ2v) is 6.91. The Kier molecular flexibility index (Phi) is 9.56. The summed E-state index contributed by atoms with van der Waals surface area (Å²) in [6.07, 6.45) is 5.74. The minimum atomic E-state index is -0.373. The van der Waals surface area contributed by atoms with Crippen LogP contribution in [0.15, 0.2) is 48.5 Å². The first kappa shape index (κ1) is 22.0. The van der Waals surface area contributed by atoms with Gasteiger partial charge in [-0.25, -0.2) is 4.79 Å². The smallest absolute Gasteiger partial charge is 0.343 e. The Morgan fingerprint density at radius 1 is 0.821 bits per heavy atom. The number of hydrogen-bond donors (Lipinski definition) is 0. The van der Waals surface area contributed by atoms with E-state index in [-0.39, 0.29) is 12.1 Å². The van der Waals surface area contributed by atoms with Crippen molar-refractivity contribution in [1.29, 1.82) is 0 Å². The van der Waals surface area contributed by atoms with Gasteiger partial charge < -0.3 is 14.2 Å². The SMILES string of the molecule is CCCCCCOC(C)c1ccc(C(=O)Oc2ccc(OCCC)cc2)cc1. The molecular weight excluding hydrogens is 352 g/mol. The van der Waals surface area contributed by atoms with E-state index in [2.05, 4.69) is 13.8 Å². The summed E-state index contributed by atoms with van der Waals surface area (Å²) in [5, 5.41) is 0. The van der Waals surface area contributed by atoms with Gasteiger partial charge in [0.15, 0.2) is 0 Å². The van der Waals surface area contributed by atoms with E-state index >= 15 is 0 Å². The molecule has 0 aromatic heterocycles. The van der Waals surface area contributed by atoms with E-state index in [1.165, 1.54) is 19.3 Å². The Morgan fingerprint density at radius 2 is 1.50 bits per heavy atom. The van der Waals surface area contributed by atoms with E-state index in [0.29, 0.717) is 17.9 Å². The zero-order valence-corrected chi connectivity index (χ0v) is 17.3. The Labute approximate surface area is 168 Å². The van der Waals surface area contributed by atoms with E-state index < -0.39 is 0 Å². The van der Waals surface area contributed by atoms with E-state index in [0.717, 1.165) is 30.8 Å². The standard InChI is InChI=1S/C24H32O4/c1-4-6-7-8-18-26-19(3)20-9-11-21(12-10-20)24(25)28-23-15-13-22(14-16-23)27-17-5-2/h9-16,19H,4-8,17-18H2,1-3H3. The predicted molar refractivity (Wildman–Crippen MR) is 112 cm³/mol. The summed E-state index contributed by atoms with van der Waals surface area (Å²) in [6, 6.07) is 14.5. The van der Waals surface area contributed by atoms with E-state index in [4.69, 9.17) is 14.2 Å². The lowest BCUT2D eigenvalue weighted by atomic mass is 10.1. The van der Waals surface area contributed by atoms with Crippen LogP contribution in [-0.4, -0.2) is 19.2 Å². The average Bonchev–Trinajstić information content (AvgIpc) is 2.73. The van der Waals surface area contributed by atoms with Crippen LogP contribution < -0.4 is 9.47 Å². The summed E-state index contributed by atoms with van der Waals surface area (Å²) in [5.74, 6) is 0.901. The summed E-state index contributed by atoms with van der Waals surface area (Å²) in [5.41, 5.74) is 1.58. The molecular formula is C24H32O4.